The SMILES string of the molecule is CCCCN(C(=O)Cn1nc(C)c2ccccc2c1=O)[C@@H](C)CC. The number of hydrogen-bond donors (Lipinski definition) is 0. The molecule has 0 fully saturated rings. The Kier molecular flexibility index (Phi) is 6.12. The molecule has 1 heterocycles. The van der Waals surface area contributed by atoms with Crippen LogP contribution in [0.2, 0.25) is 0 Å². The topological polar surface area (TPSA) is 55.2 Å². The van der Waals surface area contributed by atoms with Gasteiger partial charge in [-0.05, 0) is 32.8 Å². The maximum atomic E-state index is 12.7. The van der Waals surface area contributed by atoms with Gasteiger partial charge < -0.3 is 4.90 Å². The Morgan fingerprint density at radius 2 is 1.92 bits per heavy atom. The van der Waals surface area contributed by atoms with E-state index in [2.05, 4.69) is 25.9 Å². The van der Waals surface area contributed by atoms with E-state index in [1.165, 1.54) is 4.68 Å². The van der Waals surface area contributed by atoms with Crippen molar-refractivity contribution in [1.29, 1.82) is 0 Å². The Labute approximate surface area is 143 Å². The van der Waals surface area contributed by atoms with Crippen LogP contribution in [0.3, 0.4) is 0 Å². The predicted molar refractivity (Wildman–Crippen MR) is 97.1 cm³/mol. The minimum Gasteiger partial charge on any atom is -0.338 e. The molecule has 1 aromatic heterocycles. The summed E-state index contributed by atoms with van der Waals surface area (Å²) in [5.74, 6) is -0.0397. The van der Waals surface area contributed by atoms with Gasteiger partial charge in [0, 0.05) is 18.0 Å². The van der Waals surface area contributed by atoms with Crippen LogP contribution < -0.4 is 5.56 Å². The molecule has 0 radical (unpaired) electrons. The number of rotatable bonds is 7. The van der Waals surface area contributed by atoms with Crippen LogP contribution in [0.15, 0.2) is 29.1 Å². The van der Waals surface area contributed by atoms with E-state index in [1.807, 2.05) is 30.0 Å². The summed E-state index contributed by atoms with van der Waals surface area (Å²) in [4.78, 5) is 27.2. The van der Waals surface area contributed by atoms with E-state index in [1.54, 1.807) is 6.07 Å². The number of fused-ring (bicyclic) bond motifs is 1. The molecular formula is C19H27N3O2. The van der Waals surface area contributed by atoms with Crippen molar-refractivity contribution in [2.24, 2.45) is 0 Å². The van der Waals surface area contributed by atoms with Gasteiger partial charge in [-0.3, -0.25) is 9.59 Å². The quantitative estimate of drug-likeness (QED) is 0.784. The normalized spacial score (nSPS) is 12.3. The van der Waals surface area contributed by atoms with E-state index in [0.29, 0.717) is 5.39 Å². The average Bonchev–Trinajstić information content (AvgIpc) is 2.59. The monoisotopic (exact) mass is 329 g/mol. The van der Waals surface area contributed by atoms with Crippen LogP contribution in [0.25, 0.3) is 10.8 Å². The van der Waals surface area contributed by atoms with E-state index >= 15 is 0 Å². The summed E-state index contributed by atoms with van der Waals surface area (Å²) in [6.45, 7) is 8.82. The first kappa shape index (κ1) is 18.2. The van der Waals surface area contributed by atoms with E-state index < -0.39 is 0 Å². The Hall–Kier alpha value is -2.17. The fourth-order valence-corrected chi connectivity index (χ4v) is 2.87. The van der Waals surface area contributed by atoms with Crippen molar-refractivity contribution in [1.82, 2.24) is 14.7 Å². The molecule has 5 heteroatoms. The van der Waals surface area contributed by atoms with Crippen LogP contribution in [0.4, 0.5) is 0 Å². The van der Waals surface area contributed by atoms with Crippen molar-refractivity contribution in [3.63, 3.8) is 0 Å². The maximum Gasteiger partial charge on any atom is 0.275 e. The summed E-state index contributed by atoms with van der Waals surface area (Å²) in [6, 6.07) is 7.57. The van der Waals surface area contributed by atoms with Crippen LogP contribution in [-0.2, 0) is 11.3 Å². The Bertz CT molecular complexity index is 767. The minimum atomic E-state index is -0.204. The lowest BCUT2D eigenvalue weighted by atomic mass is 10.1. The van der Waals surface area contributed by atoms with Crippen molar-refractivity contribution in [3.05, 3.63) is 40.3 Å². The standard InChI is InChI=1S/C19H27N3O2/c1-5-7-12-21(14(3)6-2)18(23)13-22-19(24)17-11-9-8-10-16(17)15(4)20-22/h8-11,14H,5-7,12-13H2,1-4H3/t14-/m0/s1. The van der Waals surface area contributed by atoms with Crippen molar-refractivity contribution in [2.75, 3.05) is 6.54 Å². The van der Waals surface area contributed by atoms with Gasteiger partial charge in [-0.2, -0.15) is 5.10 Å². The molecule has 0 unspecified atom stereocenters. The summed E-state index contributed by atoms with van der Waals surface area (Å²) >= 11 is 0. The second-order valence-electron chi connectivity index (χ2n) is 6.29. The molecule has 0 N–H and O–H groups in total. The number of aryl methyl sites for hydroxylation is 1. The highest BCUT2D eigenvalue weighted by Crippen LogP contribution is 2.12. The summed E-state index contributed by atoms with van der Waals surface area (Å²) in [5.41, 5.74) is 0.561. The van der Waals surface area contributed by atoms with Gasteiger partial charge in [-0.25, -0.2) is 4.68 Å². The van der Waals surface area contributed by atoms with Gasteiger partial charge in [0.2, 0.25) is 5.91 Å². The first-order chi connectivity index (χ1) is 11.5. The molecule has 5 nitrogen and oxygen atoms in total. The highest BCUT2D eigenvalue weighted by atomic mass is 16.2. The molecule has 2 aromatic rings. The number of aromatic nitrogens is 2. The lowest BCUT2D eigenvalue weighted by molar-refractivity contribution is -0.134. The number of carbonyl (C=O) groups is 1. The van der Waals surface area contributed by atoms with Gasteiger partial charge in [0.15, 0.2) is 0 Å². The first-order valence-electron chi connectivity index (χ1n) is 8.75. The van der Waals surface area contributed by atoms with Crippen molar-refractivity contribution in [3.8, 4) is 0 Å². The van der Waals surface area contributed by atoms with Crippen LogP contribution in [-0.4, -0.2) is 33.2 Å². The Balaban J connectivity index is 2.32. The number of amides is 1. The molecule has 0 saturated heterocycles. The number of nitrogens with zero attached hydrogens (tertiary/aromatic N) is 3. The first-order valence-corrected chi connectivity index (χ1v) is 8.75. The molecular weight excluding hydrogens is 302 g/mol. The zero-order valence-electron chi connectivity index (χ0n) is 15.1. The molecule has 2 rings (SSSR count). The van der Waals surface area contributed by atoms with Crippen LogP contribution in [0.5, 0.6) is 0 Å². The average molecular weight is 329 g/mol. The van der Waals surface area contributed by atoms with Crippen LogP contribution in [0.1, 0.15) is 45.7 Å². The van der Waals surface area contributed by atoms with Crippen molar-refractivity contribution in [2.45, 2.75) is 59.5 Å². The lowest BCUT2D eigenvalue weighted by Gasteiger charge is -2.28. The lowest BCUT2D eigenvalue weighted by Crippen LogP contribution is -2.42. The highest BCUT2D eigenvalue weighted by molar-refractivity contribution is 5.83. The molecule has 0 bridgehead atoms. The largest absolute Gasteiger partial charge is 0.338 e. The molecule has 130 valence electrons. The molecule has 24 heavy (non-hydrogen) atoms. The molecule has 0 aliphatic heterocycles. The van der Waals surface area contributed by atoms with Gasteiger partial charge >= 0.3 is 0 Å². The summed E-state index contributed by atoms with van der Waals surface area (Å²) in [5, 5.41) is 5.80. The maximum absolute atomic E-state index is 12.7. The van der Waals surface area contributed by atoms with Crippen LogP contribution >= 0.6 is 0 Å². The van der Waals surface area contributed by atoms with Gasteiger partial charge in [0.05, 0.1) is 11.1 Å². The summed E-state index contributed by atoms with van der Waals surface area (Å²) in [7, 11) is 0. The molecule has 1 aromatic carbocycles. The summed E-state index contributed by atoms with van der Waals surface area (Å²) in [6.07, 6.45) is 2.90. The van der Waals surface area contributed by atoms with Crippen LogP contribution in [0, 0.1) is 6.92 Å². The molecule has 0 spiro atoms. The van der Waals surface area contributed by atoms with Gasteiger partial charge in [0.1, 0.15) is 6.54 Å². The Morgan fingerprint density at radius 3 is 2.54 bits per heavy atom. The van der Waals surface area contributed by atoms with Crippen molar-refractivity contribution >= 4 is 16.7 Å². The number of unbranched alkanes of at least 4 members (excludes halogenated alkanes) is 1. The number of benzene rings is 1. The second-order valence-corrected chi connectivity index (χ2v) is 6.29. The third kappa shape index (κ3) is 3.83. The van der Waals surface area contributed by atoms with Gasteiger partial charge in [0.25, 0.3) is 5.56 Å². The van der Waals surface area contributed by atoms with Crippen molar-refractivity contribution < 1.29 is 4.79 Å². The smallest absolute Gasteiger partial charge is 0.275 e. The number of carbonyl (C=O) groups excluding carboxylic acids is 1. The zero-order valence-corrected chi connectivity index (χ0v) is 15.1. The zero-order chi connectivity index (χ0) is 17.7. The van der Waals surface area contributed by atoms with E-state index in [9.17, 15) is 9.59 Å². The number of hydrogen-bond acceptors (Lipinski definition) is 3. The molecule has 0 aliphatic carbocycles. The van der Waals surface area contributed by atoms with E-state index in [-0.39, 0.29) is 24.1 Å². The minimum absolute atomic E-state index is 0.00143. The van der Waals surface area contributed by atoms with E-state index in [4.69, 9.17) is 0 Å². The third-order valence-corrected chi connectivity index (χ3v) is 4.53. The molecule has 1 atom stereocenters. The van der Waals surface area contributed by atoms with Gasteiger partial charge in [-0.1, -0.05) is 38.5 Å². The Morgan fingerprint density at radius 1 is 1.25 bits per heavy atom. The third-order valence-electron chi connectivity index (χ3n) is 4.53. The second kappa shape index (κ2) is 8.08. The highest BCUT2D eigenvalue weighted by Gasteiger charge is 2.20. The summed E-state index contributed by atoms with van der Waals surface area (Å²) < 4.78 is 1.31. The predicted octanol–water partition coefficient (Wildman–Crippen LogP) is 3.13. The molecule has 1 amide bonds. The fourth-order valence-electron chi connectivity index (χ4n) is 2.87. The van der Waals surface area contributed by atoms with Gasteiger partial charge in [-0.15, -0.1) is 0 Å². The van der Waals surface area contributed by atoms with E-state index in [0.717, 1.165) is 36.9 Å². The molecule has 0 saturated carbocycles. The fraction of sp³-hybridized carbons (Fsp3) is 0.526. The molecule has 0 aliphatic rings.